The molecular weight excluding hydrogens is 220 g/mol. The van der Waals surface area contributed by atoms with Crippen molar-refractivity contribution in [1.82, 2.24) is 5.32 Å². The maximum atomic E-state index is 11.6. The van der Waals surface area contributed by atoms with Crippen molar-refractivity contribution < 1.29 is 4.79 Å². The molecule has 90 valence electrons. The first-order valence-electron chi connectivity index (χ1n) is 5.68. The van der Waals surface area contributed by atoms with Crippen molar-refractivity contribution in [2.24, 2.45) is 0 Å². The normalized spacial score (nSPS) is 13.0. The molecule has 0 heterocycles. The third kappa shape index (κ3) is 6.52. The number of unbranched alkanes of at least 4 members (excludes halogenated alkanes) is 1. The fourth-order valence-electron chi connectivity index (χ4n) is 0.904. The number of rotatable bonds is 7. The van der Waals surface area contributed by atoms with Gasteiger partial charge in [0.15, 0.2) is 0 Å². The molecule has 1 N–H and O–H groups in total. The lowest BCUT2D eigenvalue weighted by molar-refractivity contribution is -0.117. The average Bonchev–Trinajstić information content (AvgIpc) is 2.28. The van der Waals surface area contributed by atoms with Crippen molar-refractivity contribution in [3.05, 3.63) is 11.0 Å². The van der Waals surface area contributed by atoms with Crippen molar-refractivity contribution in [2.75, 3.05) is 5.75 Å². The van der Waals surface area contributed by atoms with Crippen LogP contribution in [0.2, 0.25) is 0 Å². The van der Waals surface area contributed by atoms with Gasteiger partial charge in [0.05, 0.1) is 0 Å². The van der Waals surface area contributed by atoms with Crippen LogP contribution in [0.4, 0.5) is 0 Å². The standard InChI is InChI=1S/C12H20N2OS/c1-4-6-7-16-9-11(8-13)12(15)14-10(3)5-2/h9-10H,4-7H2,1-3H3,(H,14,15). The molecule has 0 aromatic heterocycles. The number of nitrogens with zero attached hydrogens (tertiary/aromatic N) is 1. The fraction of sp³-hybridized carbons (Fsp3) is 0.667. The summed E-state index contributed by atoms with van der Waals surface area (Å²) in [5.41, 5.74) is 0.210. The van der Waals surface area contributed by atoms with Gasteiger partial charge < -0.3 is 5.32 Å². The van der Waals surface area contributed by atoms with Gasteiger partial charge in [0.25, 0.3) is 5.91 Å². The number of hydrogen-bond acceptors (Lipinski definition) is 3. The third-order valence-corrected chi connectivity index (χ3v) is 3.10. The average molecular weight is 240 g/mol. The number of amides is 1. The minimum atomic E-state index is -0.263. The second-order valence-corrected chi connectivity index (χ2v) is 4.63. The summed E-state index contributed by atoms with van der Waals surface area (Å²) in [5, 5.41) is 13.3. The van der Waals surface area contributed by atoms with Gasteiger partial charge in [0, 0.05) is 6.04 Å². The topological polar surface area (TPSA) is 52.9 Å². The lowest BCUT2D eigenvalue weighted by atomic mass is 10.2. The van der Waals surface area contributed by atoms with Crippen molar-refractivity contribution >= 4 is 17.7 Å². The highest BCUT2D eigenvalue weighted by molar-refractivity contribution is 8.02. The maximum absolute atomic E-state index is 11.6. The Morgan fingerprint density at radius 2 is 2.25 bits per heavy atom. The molecule has 1 amide bonds. The zero-order valence-electron chi connectivity index (χ0n) is 10.2. The van der Waals surface area contributed by atoms with Crippen molar-refractivity contribution in [2.45, 2.75) is 46.1 Å². The van der Waals surface area contributed by atoms with E-state index in [-0.39, 0.29) is 17.5 Å². The number of carbonyl (C=O) groups excluding carboxylic acids is 1. The summed E-state index contributed by atoms with van der Waals surface area (Å²) in [6, 6.07) is 2.05. The lowest BCUT2D eigenvalue weighted by Crippen LogP contribution is -2.32. The van der Waals surface area contributed by atoms with E-state index in [2.05, 4.69) is 12.2 Å². The Hall–Kier alpha value is -0.950. The SMILES string of the molecule is CCCCSC=C(C#N)C(=O)NC(C)CC. The molecule has 0 rings (SSSR count). The molecule has 3 nitrogen and oxygen atoms in total. The van der Waals surface area contributed by atoms with Crippen LogP contribution < -0.4 is 5.32 Å². The monoisotopic (exact) mass is 240 g/mol. The van der Waals surface area contributed by atoms with E-state index >= 15 is 0 Å². The molecule has 0 aliphatic heterocycles. The molecule has 0 aromatic rings. The molecule has 0 saturated heterocycles. The number of carbonyl (C=O) groups is 1. The summed E-state index contributed by atoms with van der Waals surface area (Å²) < 4.78 is 0. The van der Waals surface area contributed by atoms with E-state index in [0.717, 1.165) is 25.0 Å². The van der Waals surface area contributed by atoms with Crippen molar-refractivity contribution in [3.8, 4) is 6.07 Å². The zero-order valence-corrected chi connectivity index (χ0v) is 11.1. The Morgan fingerprint density at radius 1 is 1.56 bits per heavy atom. The Kier molecular flexibility index (Phi) is 8.74. The van der Waals surface area contributed by atoms with Crippen molar-refractivity contribution in [1.29, 1.82) is 5.26 Å². The minimum absolute atomic E-state index is 0.116. The Balaban J connectivity index is 4.16. The van der Waals surface area contributed by atoms with Crippen LogP contribution in [-0.4, -0.2) is 17.7 Å². The van der Waals surface area contributed by atoms with E-state index in [9.17, 15) is 4.79 Å². The molecule has 4 heteroatoms. The number of thioether (sulfide) groups is 1. The van der Waals surface area contributed by atoms with Gasteiger partial charge in [0.2, 0.25) is 0 Å². The highest BCUT2D eigenvalue weighted by atomic mass is 32.2. The first-order valence-corrected chi connectivity index (χ1v) is 6.73. The van der Waals surface area contributed by atoms with Gasteiger partial charge in [-0.2, -0.15) is 5.26 Å². The summed E-state index contributed by atoms with van der Waals surface area (Å²) >= 11 is 1.53. The third-order valence-electron chi connectivity index (χ3n) is 2.17. The lowest BCUT2D eigenvalue weighted by Gasteiger charge is -2.10. The molecule has 0 fully saturated rings. The van der Waals surface area contributed by atoms with E-state index in [1.54, 1.807) is 5.41 Å². The van der Waals surface area contributed by atoms with E-state index in [0.29, 0.717) is 0 Å². The van der Waals surface area contributed by atoms with Gasteiger partial charge in [-0.15, -0.1) is 11.8 Å². The second-order valence-electron chi connectivity index (χ2n) is 3.65. The molecule has 0 saturated carbocycles. The fourth-order valence-corrected chi connectivity index (χ4v) is 1.80. The first kappa shape index (κ1) is 15.0. The van der Waals surface area contributed by atoms with Crippen LogP contribution in [0.1, 0.15) is 40.0 Å². The van der Waals surface area contributed by atoms with Crippen LogP contribution >= 0.6 is 11.8 Å². The zero-order chi connectivity index (χ0) is 12.4. The van der Waals surface area contributed by atoms with E-state index < -0.39 is 0 Å². The van der Waals surface area contributed by atoms with Gasteiger partial charge in [0.1, 0.15) is 11.6 Å². The molecule has 0 aliphatic carbocycles. The Labute approximate surface area is 102 Å². The Morgan fingerprint density at radius 3 is 2.75 bits per heavy atom. The molecule has 0 bridgehead atoms. The molecule has 0 aliphatic rings. The molecule has 0 radical (unpaired) electrons. The van der Waals surface area contributed by atoms with Crippen LogP contribution in [0.5, 0.6) is 0 Å². The summed E-state index contributed by atoms with van der Waals surface area (Å²) in [7, 11) is 0. The van der Waals surface area contributed by atoms with Gasteiger partial charge in [-0.1, -0.05) is 20.3 Å². The second kappa shape index (κ2) is 9.29. The molecule has 16 heavy (non-hydrogen) atoms. The van der Waals surface area contributed by atoms with Crippen LogP contribution in [-0.2, 0) is 4.79 Å². The molecule has 0 spiro atoms. The number of nitrogens with one attached hydrogen (secondary N) is 1. The van der Waals surface area contributed by atoms with Crippen LogP contribution in [0.15, 0.2) is 11.0 Å². The van der Waals surface area contributed by atoms with Crippen molar-refractivity contribution in [3.63, 3.8) is 0 Å². The minimum Gasteiger partial charge on any atom is -0.349 e. The van der Waals surface area contributed by atoms with Gasteiger partial charge >= 0.3 is 0 Å². The predicted octanol–water partition coefficient (Wildman–Crippen LogP) is 2.84. The summed E-state index contributed by atoms with van der Waals surface area (Å²) in [5.74, 6) is 0.694. The quantitative estimate of drug-likeness (QED) is 0.423. The van der Waals surface area contributed by atoms with E-state index in [4.69, 9.17) is 5.26 Å². The van der Waals surface area contributed by atoms with E-state index in [1.807, 2.05) is 19.9 Å². The molecule has 0 aromatic carbocycles. The smallest absolute Gasteiger partial charge is 0.262 e. The largest absolute Gasteiger partial charge is 0.349 e. The van der Waals surface area contributed by atoms with Crippen LogP contribution in [0.25, 0.3) is 0 Å². The van der Waals surface area contributed by atoms with E-state index in [1.165, 1.54) is 11.8 Å². The first-order chi connectivity index (χ1) is 7.65. The number of hydrogen-bond donors (Lipinski definition) is 1. The predicted molar refractivity (Wildman–Crippen MR) is 69.0 cm³/mol. The molecular formula is C12H20N2OS. The van der Waals surface area contributed by atoms with Crippen LogP contribution in [0.3, 0.4) is 0 Å². The maximum Gasteiger partial charge on any atom is 0.262 e. The van der Waals surface area contributed by atoms with Gasteiger partial charge in [-0.05, 0) is 30.9 Å². The molecule has 1 atom stereocenters. The van der Waals surface area contributed by atoms with Crippen LogP contribution in [0, 0.1) is 11.3 Å². The summed E-state index contributed by atoms with van der Waals surface area (Å²) in [6.45, 7) is 6.04. The molecule has 1 unspecified atom stereocenters. The number of nitriles is 1. The highest BCUT2D eigenvalue weighted by Crippen LogP contribution is 2.10. The summed E-state index contributed by atoms with van der Waals surface area (Å²) in [4.78, 5) is 11.6. The van der Waals surface area contributed by atoms with Gasteiger partial charge in [-0.3, -0.25) is 4.79 Å². The summed E-state index contributed by atoms with van der Waals surface area (Å²) in [6.07, 6.45) is 3.10. The van der Waals surface area contributed by atoms with Gasteiger partial charge in [-0.25, -0.2) is 0 Å². The Bertz CT molecular complexity index is 281. The highest BCUT2D eigenvalue weighted by Gasteiger charge is 2.10.